The van der Waals surface area contributed by atoms with E-state index in [0.717, 1.165) is 17.0 Å². The molecule has 9 heteroatoms. The predicted molar refractivity (Wildman–Crippen MR) is 96.2 cm³/mol. The van der Waals surface area contributed by atoms with Crippen molar-refractivity contribution in [2.24, 2.45) is 0 Å². The Bertz CT molecular complexity index is 935. The highest BCUT2D eigenvalue weighted by Gasteiger charge is 2.36. The van der Waals surface area contributed by atoms with E-state index >= 15 is 0 Å². The molecule has 0 atom stereocenters. The van der Waals surface area contributed by atoms with Gasteiger partial charge in [-0.05, 0) is 30.3 Å². The van der Waals surface area contributed by atoms with Crippen LogP contribution in [0.5, 0.6) is 0 Å². The second-order valence-electron chi connectivity index (χ2n) is 6.41. The Morgan fingerprint density at radius 2 is 1.61 bits per heavy atom. The zero-order valence-electron chi connectivity index (χ0n) is 15.0. The molecule has 0 aromatic heterocycles. The molecule has 1 N–H and O–H groups in total. The third kappa shape index (κ3) is 3.55. The lowest BCUT2D eigenvalue weighted by Gasteiger charge is -2.20. The largest absolute Gasteiger partial charge is 0.416 e. The fourth-order valence-electron chi connectivity index (χ4n) is 2.92. The molecular formula is C19H16F3N3O3. The van der Waals surface area contributed by atoms with E-state index in [0.29, 0.717) is 5.69 Å². The van der Waals surface area contributed by atoms with Crippen LogP contribution in [0.25, 0.3) is 0 Å². The minimum absolute atomic E-state index is 0.0681. The minimum atomic E-state index is -4.58. The van der Waals surface area contributed by atoms with Gasteiger partial charge >= 0.3 is 6.18 Å². The Morgan fingerprint density at radius 3 is 2.11 bits per heavy atom. The maximum Gasteiger partial charge on any atom is 0.416 e. The molecule has 0 radical (unpaired) electrons. The standard InChI is InChI=1S/C19H16F3N3O3/c1-24(2)15-8-7-11(19(20,21)22)9-14(15)23-16(26)10-25-17(27)12-5-3-4-6-13(12)18(25)28/h3-9H,10H2,1-2H3,(H,23,26). The molecule has 1 aliphatic heterocycles. The van der Waals surface area contributed by atoms with E-state index in [1.54, 1.807) is 26.2 Å². The monoisotopic (exact) mass is 391 g/mol. The van der Waals surface area contributed by atoms with E-state index < -0.39 is 36.0 Å². The van der Waals surface area contributed by atoms with Crippen molar-refractivity contribution in [3.8, 4) is 0 Å². The van der Waals surface area contributed by atoms with Crippen LogP contribution in [0.2, 0.25) is 0 Å². The smallest absolute Gasteiger partial charge is 0.376 e. The van der Waals surface area contributed by atoms with Gasteiger partial charge in [0.1, 0.15) is 6.54 Å². The Balaban J connectivity index is 1.82. The topological polar surface area (TPSA) is 69.7 Å². The van der Waals surface area contributed by atoms with Gasteiger partial charge in [-0.1, -0.05) is 12.1 Å². The highest BCUT2D eigenvalue weighted by atomic mass is 19.4. The highest BCUT2D eigenvalue weighted by molar-refractivity contribution is 6.22. The first-order valence-electron chi connectivity index (χ1n) is 8.23. The zero-order valence-corrected chi connectivity index (χ0v) is 15.0. The number of halogens is 3. The minimum Gasteiger partial charge on any atom is -0.376 e. The molecule has 0 bridgehead atoms. The van der Waals surface area contributed by atoms with Crippen molar-refractivity contribution in [1.29, 1.82) is 0 Å². The van der Waals surface area contributed by atoms with Crippen LogP contribution in [0.15, 0.2) is 42.5 Å². The summed E-state index contributed by atoms with van der Waals surface area (Å²) in [4.78, 5) is 39.3. The summed E-state index contributed by atoms with van der Waals surface area (Å²) in [5, 5.41) is 2.37. The van der Waals surface area contributed by atoms with Crippen molar-refractivity contribution in [2.45, 2.75) is 6.18 Å². The number of nitrogens with one attached hydrogen (secondary N) is 1. The average Bonchev–Trinajstić information content (AvgIpc) is 2.86. The first-order chi connectivity index (χ1) is 13.1. The van der Waals surface area contributed by atoms with Gasteiger partial charge in [0.2, 0.25) is 5.91 Å². The fourth-order valence-corrected chi connectivity index (χ4v) is 2.92. The molecule has 146 valence electrons. The van der Waals surface area contributed by atoms with E-state index in [2.05, 4.69) is 5.32 Å². The molecular weight excluding hydrogens is 375 g/mol. The molecule has 3 amide bonds. The molecule has 28 heavy (non-hydrogen) atoms. The Morgan fingerprint density at radius 1 is 1.04 bits per heavy atom. The lowest BCUT2D eigenvalue weighted by Crippen LogP contribution is -2.37. The van der Waals surface area contributed by atoms with Crippen molar-refractivity contribution in [2.75, 3.05) is 30.9 Å². The third-order valence-electron chi connectivity index (χ3n) is 4.26. The number of alkyl halides is 3. The van der Waals surface area contributed by atoms with Gasteiger partial charge in [-0.15, -0.1) is 0 Å². The molecule has 6 nitrogen and oxygen atoms in total. The van der Waals surface area contributed by atoms with Crippen LogP contribution >= 0.6 is 0 Å². The second kappa shape index (κ2) is 6.99. The van der Waals surface area contributed by atoms with Crippen LogP contribution in [0.3, 0.4) is 0 Å². The number of amides is 3. The average molecular weight is 391 g/mol. The number of rotatable bonds is 4. The SMILES string of the molecule is CN(C)c1ccc(C(F)(F)F)cc1NC(=O)CN1C(=O)c2ccccc2C1=O. The van der Waals surface area contributed by atoms with E-state index in [9.17, 15) is 27.6 Å². The summed E-state index contributed by atoms with van der Waals surface area (Å²) in [7, 11) is 3.23. The van der Waals surface area contributed by atoms with Crippen molar-refractivity contribution in [3.63, 3.8) is 0 Å². The van der Waals surface area contributed by atoms with E-state index in [4.69, 9.17) is 0 Å². The first kappa shape index (κ1) is 19.4. The summed E-state index contributed by atoms with van der Waals surface area (Å²) in [6, 6.07) is 9.11. The molecule has 0 fully saturated rings. The fraction of sp³-hybridized carbons (Fsp3) is 0.211. The third-order valence-corrected chi connectivity index (χ3v) is 4.26. The number of imide groups is 1. The van der Waals surface area contributed by atoms with Crippen molar-refractivity contribution < 1.29 is 27.6 Å². The number of fused-ring (bicyclic) bond motifs is 1. The first-order valence-corrected chi connectivity index (χ1v) is 8.23. The normalized spacial score (nSPS) is 13.5. The predicted octanol–water partition coefficient (Wildman–Crippen LogP) is 3.01. The number of nitrogens with zero attached hydrogens (tertiary/aromatic N) is 2. The molecule has 0 unspecified atom stereocenters. The molecule has 0 spiro atoms. The number of carbonyl (C=O) groups is 3. The maximum absolute atomic E-state index is 13.0. The molecule has 0 saturated heterocycles. The van der Waals surface area contributed by atoms with Gasteiger partial charge in [0.05, 0.1) is 28.1 Å². The summed E-state index contributed by atoms with van der Waals surface area (Å²) in [5.74, 6) is -2.02. The van der Waals surface area contributed by atoms with Crippen LogP contribution in [0.4, 0.5) is 24.5 Å². The lowest BCUT2D eigenvalue weighted by atomic mass is 10.1. The molecule has 0 saturated carbocycles. The van der Waals surface area contributed by atoms with Crippen LogP contribution in [-0.4, -0.2) is 43.3 Å². The molecule has 2 aromatic carbocycles. The lowest BCUT2D eigenvalue weighted by molar-refractivity contribution is -0.137. The van der Waals surface area contributed by atoms with E-state index in [-0.39, 0.29) is 16.8 Å². The number of carbonyl (C=O) groups excluding carboxylic acids is 3. The van der Waals surface area contributed by atoms with Gasteiger partial charge in [-0.2, -0.15) is 13.2 Å². The van der Waals surface area contributed by atoms with Gasteiger partial charge in [-0.25, -0.2) is 0 Å². The summed E-state index contributed by atoms with van der Waals surface area (Å²) < 4.78 is 39.0. The second-order valence-corrected chi connectivity index (χ2v) is 6.41. The highest BCUT2D eigenvalue weighted by Crippen LogP contribution is 2.35. The summed E-state index contributed by atoms with van der Waals surface area (Å²) in [5.41, 5.74) is -0.263. The quantitative estimate of drug-likeness (QED) is 0.814. The van der Waals surface area contributed by atoms with Crippen molar-refractivity contribution >= 4 is 29.1 Å². The molecule has 1 aliphatic rings. The summed E-state index contributed by atoms with van der Waals surface area (Å²) in [6.07, 6.45) is -4.58. The van der Waals surface area contributed by atoms with Crippen LogP contribution in [0.1, 0.15) is 26.3 Å². The molecule has 2 aromatic rings. The maximum atomic E-state index is 13.0. The van der Waals surface area contributed by atoms with E-state index in [1.807, 2.05) is 0 Å². The van der Waals surface area contributed by atoms with Gasteiger partial charge in [0, 0.05) is 14.1 Å². The van der Waals surface area contributed by atoms with Gasteiger partial charge in [0.15, 0.2) is 0 Å². The van der Waals surface area contributed by atoms with Gasteiger partial charge in [0.25, 0.3) is 11.8 Å². The summed E-state index contributed by atoms with van der Waals surface area (Å²) in [6.45, 7) is -0.602. The Hall–Kier alpha value is -3.36. The Kier molecular flexibility index (Phi) is 4.84. The molecule has 0 aliphatic carbocycles. The number of benzene rings is 2. The molecule has 3 rings (SSSR count). The van der Waals surface area contributed by atoms with Gasteiger partial charge in [-0.3, -0.25) is 19.3 Å². The van der Waals surface area contributed by atoms with Crippen LogP contribution < -0.4 is 10.2 Å². The van der Waals surface area contributed by atoms with E-state index in [1.165, 1.54) is 23.1 Å². The summed E-state index contributed by atoms with van der Waals surface area (Å²) >= 11 is 0. The molecule has 1 heterocycles. The van der Waals surface area contributed by atoms with Crippen molar-refractivity contribution in [3.05, 3.63) is 59.2 Å². The Labute approximate surface area is 158 Å². The number of anilines is 2. The number of hydrogen-bond donors (Lipinski definition) is 1. The van der Waals surface area contributed by atoms with Crippen LogP contribution in [-0.2, 0) is 11.0 Å². The van der Waals surface area contributed by atoms with Crippen molar-refractivity contribution in [1.82, 2.24) is 4.90 Å². The van der Waals surface area contributed by atoms with Gasteiger partial charge < -0.3 is 10.2 Å². The number of hydrogen-bond acceptors (Lipinski definition) is 4. The zero-order chi connectivity index (χ0) is 20.6. The van der Waals surface area contributed by atoms with Crippen LogP contribution in [0, 0.1) is 0 Å².